The molecule has 0 amide bonds. The lowest BCUT2D eigenvalue weighted by atomic mass is 9.99. The van der Waals surface area contributed by atoms with Crippen LogP contribution in [-0.4, -0.2) is 45.5 Å². The Hall–Kier alpha value is -1.80. The fraction of sp³-hybridized carbons (Fsp3) is 0.471. The minimum atomic E-state index is -3.62. The first kappa shape index (κ1) is 15.5. The van der Waals surface area contributed by atoms with Gasteiger partial charge in [0.2, 0.25) is 0 Å². The summed E-state index contributed by atoms with van der Waals surface area (Å²) in [5, 5.41) is 7.50. The summed E-state index contributed by atoms with van der Waals surface area (Å²) in [6, 6.07) is 5.52. The number of thioether (sulfide) groups is 1. The maximum atomic E-state index is 13.5. The minimum Gasteiger partial charge on any atom is -0.395 e. The fourth-order valence-electron chi connectivity index (χ4n) is 3.82. The number of aromatic amines is 1. The molecule has 0 radical (unpaired) electrons. The van der Waals surface area contributed by atoms with Gasteiger partial charge in [-0.3, -0.25) is 10.00 Å². The number of halogens is 2. The van der Waals surface area contributed by atoms with Crippen LogP contribution in [0.4, 0.5) is 8.78 Å². The largest absolute Gasteiger partial charge is 0.586 e. The third-order valence-corrected chi connectivity index (χ3v) is 6.21. The summed E-state index contributed by atoms with van der Waals surface area (Å²) >= 11 is 1.99. The molecule has 1 aromatic heterocycles. The predicted molar refractivity (Wildman–Crippen MR) is 90.1 cm³/mol. The van der Waals surface area contributed by atoms with Gasteiger partial charge in [0.25, 0.3) is 0 Å². The second kappa shape index (κ2) is 5.60. The van der Waals surface area contributed by atoms with Gasteiger partial charge < -0.3 is 9.47 Å². The molecule has 132 valence electrons. The van der Waals surface area contributed by atoms with Gasteiger partial charge in [-0.15, -0.1) is 8.78 Å². The van der Waals surface area contributed by atoms with E-state index in [2.05, 4.69) is 19.8 Å². The lowest BCUT2D eigenvalue weighted by Gasteiger charge is -2.32. The Balaban J connectivity index is 1.52. The molecule has 8 heteroatoms. The molecule has 0 aliphatic carbocycles. The van der Waals surface area contributed by atoms with Crippen molar-refractivity contribution in [1.29, 1.82) is 0 Å². The van der Waals surface area contributed by atoms with Crippen molar-refractivity contribution >= 4 is 11.8 Å². The van der Waals surface area contributed by atoms with Crippen LogP contribution in [0.3, 0.4) is 0 Å². The first-order valence-corrected chi connectivity index (χ1v) is 9.53. The van der Waals surface area contributed by atoms with Gasteiger partial charge in [-0.2, -0.15) is 16.9 Å². The van der Waals surface area contributed by atoms with Crippen LogP contribution in [0, 0.1) is 0 Å². The number of rotatable bonds is 2. The molecule has 4 heterocycles. The first-order chi connectivity index (χ1) is 12.1. The Morgan fingerprint density at radius 1 is 1.32 bits per heavy atom. The van der Waals surface area contributed by atoms with E-state index in [1.165, 1.54) is 18.2 Å². The Labute approximate surface area is 147 Å². The zero-order chi connectivity index (χ0) is 17.0. The van der Waals surface area contributed by atoms with Crippen molar-refractivity contribution in [2.45, 2.75) is 31.7 Å². The molecule has 1 aromatic carbocycles. The van der Waals surface area contributed by atoms with E-state index in [-0.39, 0.29) is 11.5 Å². The van der Waals surface area contributed by atoms with Crippen LogP contribution >= 0.6 is 11.8 Å². The number of nitrogens with one attached hydrogen (secondary N) is 1. The van der Waals surface area contributed by atoms with Crippen LogP contribution < -0.4 is 9.47 Å². The molecule has 3 aliphatic heterocycles. The number of alkyl halides is 2. The smallest absolute Gasteiger partial charge is 0.395 e. The minimum absolute atomic E-state index is 0.0547. The molecule has 1 N–H and O–H groups in total. The number of aromatic nitrogens is 2. The van der Waals surface area contributed by atoms with E-state index in [0.29, 0.717) is 17.3 Å². The van der Waals surface area contributed by atoms with E-state index in [1.807, 2.05) is 11.8 Å². The standard InChI is InChI=1S/C17H17F2N3O2S/c18-17(19)23-14-3-1-2-11(16(14)24-17)15-12-8-22(10-5-7-25-9-10)6-4-13(12)20-21-15/h1-3,10H,4-9H2,(H,20,21)/t10-/m1/s1. The summed E-state index contributed by atoms with van der Waals surface area (Å²) in [6.45, 7) is 1.79. The molecular formula is C17H17F2N3O2S. The summed E-state index contributed by atoms with van der Waals surface area (Å²) in [4.78, 5) is 2.48. The summed E-state index contributed by atoms with van der Waals surface area (Å²) in [6.07, 6.45) is -1.52. The van der Waals surface area contributed by atoms with Crippen molar-refractivity contribution in [1.82, 2.24) is 15.1 Å². The van der Waals surface area contributed by atoms with Crippen LogP contribution in [0.25, 0.3) is 11.3 Å². The van der Waals surface area contributed by atoms with Gasteiger partial charge in [0.15, 0.2) is 11.5 Å². The fourth-order valence-corrected chi connectivity index (χ4v) is 5.07. The number of para-hydroxylation sites is 1. The Morgan fingerprint density at radius 3 is 3.08 bits per heavy atom. The molecule has 1 saturated heterocycles. The second-order valence-electron chi connectivity index (χ2n) is 6.57. The molecule has 25 heavy (non-hydrogen) atoms. The van der Waals surface area contributed by atoms with Gasteiger partial charge in [0.05, 0.1) is 0 Å². The molecule has 2 aromatic rings. The van der Waals surface area contributed by atoms with Crippen LogP contribution in [0.15, 0.2) is 18.2 Å². The van der Waals surface area contributed by atoms with Crippen molar-refractivity contribution in [3.05, 3.63) is 29.5 Å². The third kappa shape index (κ3) is 2.58. The average molecular weight is 365 g/mol. The number of nitrogens with zero attached hydrogens (tertiary/aromatic N) is 2. The Bertz CT molecular complexity index is 820. The number of benzene rings is 1. The van der Waals surface area contributed by atoms with E-state index >= 15 is 0 Å². The van der Waals surface area contributed by atoms with Crippen LogP contribution in [0.1, 0.15) is 17.7 Å². The van der Waals surface area contributed by atoms with E-state index < -0.39 is 6.29 Å². The Kier molecular flexibility index (Phi) is 3.46. The second-order valence-corrected chi connectivity index (χ2v) is 7.72. The van der Waals surface area contributed by atoms with Crippen LogP contribution in [0.5, 0.6) is 11.5 Å². The van der Waals surface area contributed by atoms with Crippen molar-refractivity contribution in [3.63, 3.8) is 0 Å². The lowest BCUT2D eigenvalue weighted by molar-refractivity contribution is -0.286. The number of hydrogen-bond donors (Lipinski definition) is 1. The summed E-state index contributed by atoms with van der Waals surface area (Å²) in [7, 11) is 0. The summed E-state index contributed by atoms with van der Waals surface area (Å²) < 4.78 is 36.3. The van der Waals surface area contributed by atoms with Crippen molar-refractivity contribution < 1.29 is 18.3 Å². The maximum Gasteiger partial charge on any atom is 0.586 e. The first-order valence-electron chi connectivity index (χ1n) is 8.38. The molecule has 1 fully saturated rings. The topological polar surface area (TPSA) is 50.4 Å². The van der Waals surface area contributed by atoms with Gasteiger partial charge >= 0.3 is 6.29 Å². The molecule has 1 atom stereocenters. The van der Waals surface area contributed by atoms with Gasteiger partial charge in [-0.1, -0.05) is 6.07 Å². The predicted octanol–water partition coefficient (Wildman–Crippen LogP) is 3.26. The van der Waals surface area contributed by atoms with E-state index in [1.54, 1.807) is 12.1 Å². The zero-order valence-corrected chi connectivity index (χ0v) is 14.2. The van der Waals surface area contributed by atoms with E-state index in [4.69, 9.17) is 4.74 Å². The number of hydrogen-bond acceptors (Lipinski definition) is 5. The van der Waals surface area contributed by atoms with E-state index in [9.17, 15) is 8.78 Å². The normalized spacial score (nSPS) is 24.5. The highest BCUT2D eigenvalue weighted by Crippen LogP contribution is 2.47. The van der Waals surface area contributed by atoms with Gasteiger partial charge in [0.1, 0.15) is 5.69 Å². The third-order valence-electron chi connectivity index (χ3n) is 5.07. The van der Waals surface area contributed by atoms with Crippen LogP contribution in [-0.2, 0) is 13.0 Å². The number of H-pyrrole nitrogens is 1. The van der Waals surface area contributed by atoms with E-state index in [0.717, 1.165) is 36.5 Å². The van der Waals surface area contributed by atoms with Crippen LogP contribution in [0.2, 0.25) is 0 Å². The molecule has 0 unspecified atom stereocenters. The summed E-state index contributed by atoms with van der Waals surface area (Å²) in [5.74, 6) is 2.49. The molecule has 5 rings (SSSR count). The highest BCUT2D eigenvalue weighted by molar-refractivity contribution is 7.99. The zero-order valence-electron chi connectivity index (χ0n) is 13.4. The highest BCUT2D eigenvalue weighted by atomic mass is 32.2. The number of ether oxygens (including phenoxy) is 2. The molecule has 5 nitrogen and oxygen atoms in total. The van der Waals surface area contributed by atoms with Gasteiger partial charge in [-0.25, -0.2) is 0 Å². The molecular weight excluding hydrogens is 348 g/mol. The summed E-state index contributed by atoms with van der Waals surface area (Å²) in [5.41, 5.74) is 3.40. The average Bonchev–Trinajstić information content (AvgIpc) is 3.30. The molecule has 0 saturated carbocycles. The Morgan fingerprint density at radius 2 is 2.24 bits per heavy atom. The lowest BCUT2D eigenvalue weighted by Crippen LogP contribution is -2.39. The quantitative estimate of drug-likeness (QED) is 0.885. The SMILES string of the molecule is FC1(F)Oc2cccc(-c3n[nH]c4c3CN([C@@H]3CCSC3)CC4)c2O1. The number of fused-ring (bicyclic) bond motifs is 2. The highest BCUT2D eigenvalue weighted by Gasteiger charge is 2.45. The monoisotopic (exact) mass is 365 g/mol. The van der Waals surface area contributed by atoms with Gasteiger partial charge in [0, 0.05) is 48.1 Å². The molecule has 3 aliphatic rings. The van der Waals surface area contributed by atoms with Crippen molar-refractivity contribution in [2.75, 3.05) is 18.1 Å². The van der Waals surface area contributed by atoms with Crippen molar-refractivity contribution in [3.8, 4) is 22.8 Å². The maximum absolute atomic E-state index is 13.5. The molecule has 0 spiro atoms. The van der Waals surface area contributed by atoms with Crippen molar-refractivity contribution in [2.24, 2.45) is 0 Å². The molecule has 0 bridgehead atoms. The van der Waals surface area contributed by atoms with Gasteiger partial charge in [-0.05, 0) is 24.3 Å².